The van der Waals surface area contributed by atoms with E-state index in [0.717, 1.165) is 51.4 Å². The normalized spacial score (nSPS) is 23.5. The molecule has 0 aromatic heterocycles. The molecule has 0 saturated carbocycles. The molecule has 2 rings (SSSR count). The highest BCUT2D eigenvalue weighted by molar-refractivity contribution is 5.76. The average Bonchev–Trinajstić information content (AvgIpc) is 3.23. The quantitative estimate of drug-likeness (QED) is 0.0259. The Morgan fingerprint density at radius 1 is 0.381 bits per heavy atom. The maximum atomic E-state index is 13.3. The van der Waals surface area contributed by atoms with E-state index in [-0.39, 0.29) is 12.5 Å². The van der Waals surface area contributed by atoms with Crippen LogP contribution in [0.15, 0.2) is 0 Å². The van der Waals surface area contributed by atoms with Crippen LogP contribution in [0.2, 0.25) is 0 Å². The second kappa shape index (κ2) is 56.0. The minimum Gasteiger partial charge on any atom is -0.394 e. The van der Waals surface area contributed by atoms with Crippen LogP contribution in [0.1, 0.15) is 348 Å². The van der Waals surface area contributed by atoms with Crippen LogP contribution in [0.5, 0.6) is 0 Å². The first kappa shape index (κ1) is 79.1. The monoisotopic (exact) mass is 1200 g/mol. The summed E-state index contributed by atoms with van der Waals surface area (Å²) in [5.41, 5.74) is 0. The summed E-state index contributed by atoms with van der Waals surface area (Å²) in [5.74, 6) is -0.198. The Morgan fingerprint density at radius 2 is 0.679 bits per heavy atom. The van der Waals surface area contributed by atoms with Crippen molar-refractivity contribution in [3.63, 3.8) is 0 Å². The Morgan fingerprint density at radius 3 is 1.01 bits per heavy atom. The van der Waals surface area contributed by atoms with Crippen LogP contribution < -0.4 is 5.32 Å². The minimum absolute atomic E-state index is 0.198. The SMILES string of the molecule is CCCCCCCCCCCCCCCCCCCCCCCCCCCCCCCCCCCCCC(=O)NC(COC1OC(CO)C(OC2OC(CO)C(O)C(O)C2O)C(O)C1O)C(O)CCCCCCCCCCCCCCCCC. The summed E-state index contributed by atoms with van der Waals surface area (Å²) in [7, 11) is 0. The van der Waals surface area contributed by atoms with E-state index in [1.165, 1.54) is 270 Å². The average molecular weight is 1200 g/mol. The van der Waals surface area contributed by atoms with Crippen LogP contribution in [0.25, 0.3) is 0 Å². The fraction of sp³-hybridized carbons (Fsp3) is 0.986. The second-order valence-electron chi connectivity index (χ2n) is 26.1. The highest BCUT2D eigenvalue weighted by Gasteiger charge is 2.51. The third-order valence-corrected chi connectivity index (χ3v) is 18.3. The van der Waals surface area contributed by atoms with Gasteiger partial charge in [-0.3, -0.25) is 4.79 Å². The maximum Gasteiger partial charge on any atom is 0.220 e. The van der Waals surface area contributed by atoms with E-state index in [1.807, 2.05) is 0 Å². The zero-order valence-electron chi connectivity index (χ0n) is 54.4. The van der Waals surface area contributed by atoms with Crippen molar-refractivity contribution in [1.29, 1.82) is 0 Å². The molecule has 14 nitrogen and oxygen atoms in total. The van der Waals surface area contributed by atoms with E-state index in [1.54, 1.807) is 0 Å². The summed E-state index contributed by atoms with van der Waals surface area (Å²) in [6, 6.07) is -0.823. The van der Waals surface area contributed by atoms with E-state index in [2.05, 4.69) is 19.2 Å². The summed E-state index contributed by atoms with van der Waals surface area (Å²) in [5, 5.41) is 87.5. The molecular weight excluding hydrogens is 1060 g/mol. The number of rotatable bonds is 61. The number of unbranched alkanes of at least 4 members (excludes halogenated alkanes) is 48. The van der Waals surface area contributed by atoms with Crippen LogP contribution in [0.4, 0.5) is 0 Å². The van der Waals surface area contributed by atoms with Gasteiger partial charge in [0, 0.05) is 6.42 Å². The van der Waals surface area contributed by atoms with Crippen LogP contribution >= 0.6 is 0 Å². The second-order valence-corrected chi connectivity index (χ2v) is 26.1. The van der Waals surface area contributed by atoms with Crippen molar-refractivity contribution in [1.82, 2.24) is 5.32 Å². The Bertz CT molecular complexity index is 1410. The number of aliphatic hydroxyl groups is 8. The highest BCUT2D eigenvalue weighted by Crippen LogP contribution is 2.30. The lowest BCUT2D eigenvalue weighted by Crippen LogP contribution is -2.65. The molecule has 0 radical (unpaired) electrons. The highest BCUT2D eigenvalue weighted by atomic mass is 16.7. The lowest BCUT2D eigenvalue weighted by Gasteiger charge is -2.46. The maximum absolute atomic E-state index is 13.3. The van der Waals surface area contributed by atoms with Crippen molar-refractivity contribution >= 4 is 5.91 Å². The van der Waals surface area contributed by atoms with Crippen LogP contribution in [-0.4, -0.2) is 140 Å². The molecule has 0 aromatic rings. The molecule has 0 aliphatic carbocycles. The van der Waals surface area contributed by atoms with Gasteiger partial charge in [0.1, 0.15) is 48.8 Å². The van der Waals surface area contributed by atoms with Gasteiger partial charge in [-0.1, -0.05) is 328 Å². The van der Waals surface area contributed by atoms with Crippen molar-refractivity contribution in [2.75, 3.05) is 19.8 Å². The van der Waals surface area contributed by atoms with Gasteiger partial charge in [0.05, 0.1) is 32.0 Å². The largest absolute Gasteiger partial charge is 0.394 e. The Kier molecular flexibility index (Phi) is 52.7. The van der Waals surface area contributed by atoms with Gasteiger partial charge in [0.15, 0.2) is 12.6 Å². The molecule has 9 N–H and O–H groups in total. The van der Waals surface area contributed by atoms with E-state index in [4.69, 9.17) is 18.9 Å². The van der Waals surface area contributed by atoms with Gasteiger partial charge in [0.2, 0.25) is 5.91 Å². The number of carbonyl (C=O) groups excluding carboxylic acids is 1. The Labute approximate surface area is 514 Å². The summed E-state index contributed by atoms with van der Waals surface area (Å²) in [6.45, 7) is 2.92. The molecule has 2 aliphatic heterocycles. The fourth-order valence-electron chi connectivity index (χ4n) is 12.5. The Hall–Kier alpha value is -1.01. The van der Waals surface area contributed by atoms with Gasteiger partial charge >= 0.3 is 0 Å². The lowest BCUT2D eigenvalue weighted by molar-refractivity contribution is -0.359. The molecule has 12 atom stereocenters. The molecule has 0 aromatic carbocycles. The molecule has 500 valence electrons. The molecule has 1 amide bonds. The van der Waals surface area contributed by atoms with E-state index in [0.29, 0.717) is 12.8 Å². The number of ether oxygens (including phenoxy) is 4. The topological polar surface area (TPSA) is 228 Å². The molecule has 2 aliphatic rings. The first-order chi connectivity index (χ1) is 41.1. The summed E-state index contributed by atoms with van der Waals surface area (Å²) in [6.07, 6.45) is 50.1. The predicted molar refractivity (Wildman–Crippen MR) is 342 cm³/mol. The van der Waals surface area contributed by atoms with E-state index in [9.17, 15) is 45.6 Å². The molecular formula is C70H137NO13. The molecule has 0 spiro atoms. The van der Waals surface area contributed by atoms with Gasteiger partial charge in [-0.2, -0.15) is 0 Å². The van der Waals surface area contributed by atoms with Crippen LogP contribution in [0.3, 0.4) is 0 Å². The number of carbonyl (C=O) groups is 1. The van der Waals surface area contributed by atoms with E-state index < -0.39 is 86.8 Å². The Balaban J connectivity index is 1.57. The minimum atomic E-state index is -1.78. The van der Waals surface area contributed by atoms with Crippen molar-refractivity contribution in [2.24, 2.45) is 0 Å². The molecule has 2 saturated heterocycles. The van der Waals surface area contributed by atoms with Gasteiger partial charge in [-0.05, 0) is 12.8 Å². The van der Waals surface area contributed by atoms with Gasteiger partial charge in [-0.15, -0.1) is 0 Å². The van der Waals surface area contributed by atoms with Gasteiger partial charge < -0.3 is 65.1 Å². The van der Waals surface area contributed by atoms with Crippen molar-refractivity contribution in [3.05, 3.63) is 0 Å². The smallest absolute Gasteiger partial charge is 0.220 e. The first-order valence-electron chi connectivity index (χ1n) is 36.3. The fourth-order valence-corrected chi connectivity index (χ4v) is 12.5. The standard InChI is InChI=1S/C70H137NO13/c1-3-5-7-9-11-13-15-17-19-20-21-22-23-24-25-26-27-28-29-30-31-32-33-34-35-36-37-38-40-42-44-46-48-50-52-54-62(75)71-58(59(74)53-51-49-47-45-43-41-39-18-16-14-12-10-8-6-4-2)57-81-69-67(80)65(78)68(61(56-73)83-69)84-70-66(79)64(77)63(76)60(55-72)82-70/h58-61,63-70,72-74,76-80H,3-57H2,1-2H3,(H,71,75). The first-order valence-corrected chi connectivity index (χ1v) is 36.3. The van der Waals surface area contributed by atoms with Gasteiger partial charge in [0.25, 0.3) is 0 Å². The zero-order valence-corrected chi connectivity index (χ0v) is 54.4. The summed E-state index contributed by atoms with van der Waals surface area (Å²) < 4.78 is 22.9. The third kappa shape index (κ3) is 39.9. The van der Waals surface area contributed by atoms with Crippen molar-refractivity contribution in [2.45, 2.75) is 421 Å². The number of hydrogen-bond acceptors (Lipinski definition) is 13. The number of nitrogens with one attached hydrogen (secondary N) is 1. The molecule has 84 heavy (non-hydrogen) atoms. The third-order valence-electron chi connectivity index (χ3n) is 18.3. The van der Waals surface area contributed by atoms with E-state index >= 15 is 0 Å². The molecule has 2 heterocycles. The summed E-state index contributed by atoms with van der Waals surface area (Å²) >= 11 is 0. The number of aliphatic hydroxyl groups excluding tert-OH is 8. The molecule has 14 heteroatoms. The summed E-state index contributed by atoms with van der Waals surface area (Å²) in [4.78, 5) is 13.3. The molecule has 2 fully saturated rings. The number of hydrogen-bond donors (Lipinski definition) is 9. The molecule has 12 unspecified atom stereocenters. The molecule has 0 bridgehead atoms. The van der Waals surface area contributed by atoms with Crippen LogP contribution in [0, 0.1) is 0 Å². The lowest BCUT2D eigenvalue weighted by atomic mass is 9.97. The predicted octanol–water partition coefficient (Wildman–Crippen LogP) is 14.8. The van der Waals surface area contributed by atoms with Crippen LogP contribution in [-0.2, 0) is 23.7 Å². The number of amides is 1. The van der Waals surface area contributed by atoms with Crippen molar-refractivity contribution < 1.29 is 64.6 Å². The zero-order chi connectivity index (χ0) is 60.9. The van der Waals surface area contributed by atoms with Gasteiger partial charge in [-0.25, -0.2) is 0 Å². The van der Waals surface area contributed by atoms with Crippen molar-refractivity contribution in [3.8, 4) is 0 Å².